The Morgan fingerprint density at radius 1 is 1.52 bits per heavy atom. The van der Waals surface area contributed by atoms with Crippen LogP contribution in [0.5, 0.6) is 0 Å². The van der Waals surface area contributed by atoms with Crippen LogP contribution in [0, 0.1) is 5.41 Å². The molecule has 0 heterocycles. The maximum absolute atomic E-state index is 11.6. The van der Waals surface area contributed by atoms with Crippen LogP contribution in [0.4, 0.5) is 11.4 Å². The number of hydrogen-bond donors (Lipinski definition) is 3. The number of anilines is 2. The molecule has 0 aromatic heterocycles. The van der Waals surface area contributed by atoms with Gasteiger partial charge in [0.05, 0.1) is 22.4 Å². The molecule has 1 amide bonds. The lowest BCUT2D eigenvalue weighted by Gasteiger charge is -2.52. The van der Waals surface area contributed by atoms with E-state index in [0.29, 0.717) is 28.6 Å². The Morgan fingerprint density at radius 3 is 2.71 bits per heavy atom. The molecule has 2 rings (SSSR count). The van der Waals surface area contributed by atoms with E-state index in [4.69, 9.17) is 27.8 Å². The Balaban J connectivity index is 2.23. The molecule has 0 radical (unpaired) electrons. The van der Waals surface area contributed by atoms with Crippen LogP contribution in [0.15, 0.2) is 12.1 Å². The predicted molar refractivity (Wildman–Crippen MR) is 85.6 cm³/mol. The lowest BCUT2D eigenvalue weighted by Crippen LogP contribution is -2.58. The molecule has 0 saturated heterocycles. The van der Waals surface area contributed by atoms with Gasteiger partial charge in [-0.1, -0.05) is 25.4 Å². The van der Waals surface area contributed by atoms with E-state index in [1.807, 2.05) is 6.92 Å². The normalized spacial score (nSPS) is 23.4. The van der Waals surface area contributed by atoms with Gasteiger partial charge in [-0.2, -0.15) is 0 Å². The quantitative estimate of drug-likeness (QED) is 0.729. The van der Waals surface area contributed by atoms with Gasteiger partial charge < -0.3 is 21.5 Å². The molecular formula is C15H22ClN3O2. The van der Waals surface area contributed by atoms with Gasteiger partial charge in [0.1, 0.15) is 0 Å². The summed E-state index contributed by atoms with van der Waals surface area (Å²) in [5.74, 6) is -0.551. The summed E-state index contributed by atoms with van der Waals surface area (Å²) in [5.41, 5.74) is 12.4. The number of hydrogen-bond acceptors (Lipinski definition) is 4. The van der Waals surface area contributed by atoms with Crippen LogP contribution in [0.1, 0.15) is 37.6 Å². The summed E-state index contributed by atoms with van der Waals surface area (Å²) in [6, 6.07) is 3.32. The van der Waals surface area contributed by atoms with Crippen LogP contribution in [-0.4, -0.2) is 24.7 Å². The molecule has 2 atom stereocenters. The highest BCUT2D eigenvalue weighted by atomic mass is 35.5. The number of primary amides is 1. The Hall–Kier alpha value is -1.46. The van der Waals surface area contributed by atoms with Crippen molar-refractivity contribution in [1.82, 2.24) is 0 Å². The van der Waals surface area contributed by atoms with Crippen molar-refractivity contribution in [2.45, 2.75) is 39.3 Å². The SMILES string of the molecule is CCOC1CC(Nc2c(Cl)cc(N)cc2C(N)=O)C1(C)C. The molecule has 1 aromatic rings. The summed E-state index contributed by atoms with van der Waals surface area (Å²) in [6.07, 6.45) is 1.06. The lowest BCUT2D eigenvalue weighted by molar-refractivity contribution is -0.0976. The zero-order valence-corrected chi connectivity index (χ0v) is 13.3. The summed E-state index contributed by atoms with van der Waals surface area (Å²) < 4.78 is 5.70. The van der Waals surface area contributed by atoms with Gasteiger partial charge in [0, 0.05) is 23.8 Å². The Labute approximate surface area is 130 Å². The van der Waals surface area contributed by atoms with Crippen molar-refractivity contribution in [3.05, 3.63) is 22.7 Å². The highest BCUT2D eigenvalue weighted by molar-refractivity contribution is 6.34. The van der Waals surface area contributed by atoms with Gasteiger partial charge in [0.15, 0.2) is 0 Å². The van der Waals surface area contributed by atoms with Crippen LogP contribution in [0.25, 0.3) is 0 Å². The fraction of sp³-hybridized carbons (Fsp3) is 0.533. The average molecular weight is 312 g/mol. The van der Waals surface area contributed by atoms with E-state index in [2.05, 4.69) is 19.2 Å². The highest BCUT2D eigenvalue weighted by Gasteiger charge is 2.49. The average Bonchev–Trinajstić information content (AvgIpc) is 2.39. The first-order valence-electron chi connectivity index (χ1n) is 7.04. The second kappa shape index (κ2) is 5.73. The predicted octanol–water partition coefficient (Wildman–Crippen LogP) is 2.64. The lowest BCUT2D eigenvalue weighted by atomic mass is 9.64. The molecule has 1 aliphatic carbocycles. The van der Waals surface area contributed by atoms with E-state index in [-0.39, 0.29) is 17.6 Å². The maximum atomic E-state index is 11.6. The van der Waals surface area contributed by atoms with Gasteiger partial charge in [-0.15, -0.1) is 0 Å². The summed E-state index contributed by atoms with van der Waals surface area (Å²) in [4.78, 5) is 11.6. The number of ether oxygens (including phenoxy) is 1. The van der Waals surface area contributed by atoms with Crippen LogP contribution in [0.3, 0.4) is 0 Å². The standard InChI is InChI=1S/C15H22ClN3O2/c1-4-21-12-7-11(15(12,2)3)19-13-9(14(18)20)5-8(17)6-10(13)16/h5-6,11-12,19H,4,7,17H2,1-3H3,(H2,18,20). The number of nitrogens with two attached hydrogens (primary N) is 2. The molecule has 2 unspecified atom stereocenters. The van der Waals surface area contributed by atoms with Crippen LogP contribution < -0.4 is 16.8 Å². The molecule has 21 heavy (non-hydrogen) atoms. The molecule has 1 aromatic carbocycles. The van der Waals surface area contributed by atoms with Gasteiger partial charge in [-0.25, -0.2) is 0 Å². The van der Waals surface area contributed by atoms with Crippen molar-refractivity contribution < 1.29 is 9.53 Å². The summed E-state index contributed by atoms with van der Waals surface area (Å²) in [6.45, 7) is 6.93. The van der Waals surface area contributed by atoms with Gasteiger partial charge in [-0.05, 0) is 25.5 Å². The van der Waals surface area contributed by atoms with E-state index < -0.39 is 5.91 Å². The van der Waals surface area contributed by atoms with Crippen molar-refractivity contribution in [2.75, 3.05) is 17.7 Å². The molecule has 1 fully saturated rings. The van der Waals surface area contributed by atoms with Gasteiger partial charge in [0.25, 0.3) is 5.91 Å². The number of carbonyl (C=O) groups is 1. The molecule has 0 bridgehead atoms. The van der Waals surface area contributed by atoms with Crippen molar-refractivity contribution >= 4 is 28.9 Å². The van der Waals surface area contributed by atoms with Crippen LogP contribution in [-0.2, 0) is 4.74 Å². The largest absolute Gasteiger partial charge is 0.399 e. The molecule has 0 aliphatic heterocycles. The minimum atomic E-state index is -0.551. The Kier molecular flexibility index (Phi) is 4.35. The number of nitrogens with one attached hydrogen (secondary N) is 1. The summed E-state index contributed by atoms with van der Waals surface area (Å²) in [5, 5.41) is 3.74. The fourth-order valence-electron chi connectivity index (χ4n) is 2.76. The number of nitrogen functional groups attached to an aromatic ring is 1. The smallest absolute Gasteiger partial charge is 0.250 e. The maximum Gasteiger partial charge on any atom is 0.250 e. The number of carbonyl (C=O) groups excluding carboxylic acids is 1. The number of amides is 1. The molecule has 5 nitrogen and oxygen atoms in total. The summed E-state index contributed by atoms with van der Waals surface area (Å²) >= 11 is 6.21. The Morgan fingerprint density at radius 2 is 2.19 bits per heavy atom. The molecular weight excluding hydrogens is 290 g/mol. The van der Waals surface area contributed by atoms with Gasteiger partial charge >= 0.3 is 0 Å². The molecule has 116 valence electrons. The van der Waals surface area contributed by atoms with Gasteiger partial charge in [0.2, 0.25) is 0 Å². The van der Waals surface area contributed by atoms with Crippen molar-refractivity contribution in [3.8, 4) is 0 Å². The first-order valence-corrected chi connectivity index (χ1v) is 7.42. The Bertz CT molecular complexity index is 560. The zero-order chi connectivity index (χ0) is 15.8. The first kappa shape index (κ1) is 15.9. The van der Waals surface area contributed by atoms with E-state index >= 15 is 0 Å². The van der Waals surface area contributed by atoms with E-state index in [1.165, 1.54) is 0 Å². The van der Waals surface area contributed by atoms with Gasteiger partial charge in [-0.3, -0.25) is 4.79 Å². The van der Waals surface area contributed by atoms with E-state index in [9.17, 15) is 4.79 Å². The second-order valence-corrected chi connectivity index (χ2v) is 6.39. The van der Waals surface area contributed by atoms with E-state index in [1.54, 1.807) is 12.1 Å². The molecule has 6 heteroatoms. The van der Waals surface area contributed by atoms with Crippen molar-refractivity contribution in [1.29, 1.82) is 0 Å². The second-order valence-electron chi connectivity index (χ2n) is 5.99. The molecule has 1 aliphatic rings. The minimum Gasteiger partial charge on any atom is -0.399 e. The number of halogens is 1. The number of benzene rings is 1. The fourth-order valence-corrected chi connectivity index (χ4v) is 3.04. The summed E-state index contributed by atoms with van der Waals surface area (Å²) in [7, 11) is 0. The topological polar surface area (TPSA) is 90.4 Å². The highest BCUT2D eigenvalue weighted by Crippen LogP contribution is 2.45. The van der Waals surface area contributed by atoms with Crippen LogP contribution >= 0.6 is 11.6 Å². The van der Waals surface area contributed by atoms with Crippen molar-refractivity contribution in [3.63, 3.8) is 0 Å². The van der Waals surface area contributed by atoms with E-state index in [0.717, 1.165) is 6.42 Å². The third-order valence-corrected chi connectivity index (χ3v) is 4.54. The van der Waals surface area contributed by atoms with Crippen LogP contribution in [0.2, 0.25) is 5.02 Å². The first-order chi connectivity index (χ1) is 9.77. The monoisotopic (exact) mass is 311 g/mol. The molecule has 5 N–H and O–H groups in total. The minimum absolute atomic E-state index is 0.0460. The molecule has 1 saturated carbocycles. The third kappa shape index (κ3) is 2.94. The number of rotatable bonds is 5. The van der Waals surface area contributed by atoms with Crippen molar-refractivity contribution in [2.24, 2.45) is 11.1 Å². The molecule has 0 spiro atoms. The third-order valence-electron chi connectivity index (χ3n) is 4.24. The zero-order valence-electron chi connectivity index (χ0n) is 12.6.